The first kappa shape index (κ1) is 25.7. The van der Waals surface area contributed by atoms with Crippen molar-refractivity contribution in [3.8, 4) is 11.4 Å². The standard InChI is InChI=1S/C28H37N9O2/c1-4-36-24(17-34-14-18(2)37(16-23(29)38)19(3)15-34)31-25-27(35-10-12-39-13-11-35)32-26(33-28(25)36)21-6-5-7-22-20(21)8-9-30-22/h5-9,18-19,30H,4,10-17H2,1-3H3,(H2,29,38). The number of H-pyrrole nitrogens is 1. The average molecular weight is 532 g/mol. The number of nitrogens with two attached hydrogens (primary N) is 1. The van der Waals surface area contributed by atoms with Crippen LogP contribution in [0.2, 0.25) is 0 Å². The lowest BCUT2D eigenvalue weighted by Gasteiger charge is -2.43. The summed E-state index contributed by atoms with van der Waals surface area (Å²) in [5.74, 6) is 2.27. The van der Waals surface area contributed by atoms with Crippen LogP contribution in [0.25, 0.3) is 33.5 Å². The van der Waals surface area contributed by atoms with E-state index in [1.54, 1.807) is 0 Å². The molecule has 0 saturated carbocycles. The number of piperazine rings is 1. The number of hydrogen-bond donors (Lipinski definition) is 2. The van der Waals surface area contributed by atoms with E-state index in [0.717, 1.165) is 72.0 Å². The van der Waals surface area contributed by atoms with Crippen LogP contribution in [-0.2, 0) is 22.6 Å². The number of morpholine rings is 1. The molecule has 11 nitrogen and oxygen atoms in total. The van der Waals surface area contributed by atoms with Crippen molar-refractivity contribution < 1.29 is 9.53 Å². The van der Waals surface area contributed by atoms with Crippen molar-refractivity contribution in [1.82, 2.24) is 34.3 Å². The molecule has 0 bridgehead atoms. The summed E-state index contributed by atoms with van der Waals surface area (Å²) in [5.41, 5.74) is 9.27. The number of imidazole rings is 1. The number of aryl methyl sites for hydroxylation is 1. The molecule has 0 aliphatic carbocycles. The summed E-state index contributed by atoms with van der Waals surface area (Å²) in [4.78, 5) is 37.2. The van der Waals surface area contributed by atoms with Gasteiger partial charge in [-0.25, -0.2) is 15.0 Å². The van der Waals surface area contributed by atoms with E-state index < -0.39 is 0 Å². The zero-order valence-corrected chi connectivity index (χ0v) is 22.9. The van der Waals surface area contributed by atoms with Crippen LogP contribution < -0.4 is 10.6 Å². The Bertz CT molecular complexity index is 1480. The third kappa shape index (κ3) is 4.86. The van der Waals surface area contributed by atoms with Gasteiger partial charge < -0.3 is 24.9 Å². The van der Waals surface area contributed by atoms with Crippen molar-refractivity contribution in [2.75, 3.05) is 50.8 Å². The topological polar surface area (TPSA) is 121 Å². The number of benzene rings is 1. The highest BCUT2D eigenvalue weighted by Gasteiger charge is 2.31. The fourth-order valence-corrected chi connectivity index (χ4v) is 6.17. The number of nitrogens with zero attached hydrogens (tertiary/aromatic N) is 7. The summed E-state index contributed by atoms with van der Waals surface area (Å²) in [5, 5.41) is 1.10. The highest BCUT2D eigenvalue weighted by Crippen LogP contribution is 2.32. The van der Waals surface area contributed by atoms with Gasteiger partial charge in [0.1, 0.15) is 5.82 Å². The molecule has 3 N–H and O–H groups in total. The molecule has 4 aromatic rings. The van der Waals surface area contributed by atoms with Gasteiger partial charge in [-0.1, -0.05) is 12.1 Å². The maximum Gasteiger partial charge on any atom is 0.231 e. The second-order valence-electron chi connectivity index (χ2n) is 10.7. The maximum absolute atomic E-state index is 11.6. The molecule has 39 heavy (non-hydrogen) atoms. The molecule has 206 valence electrons. The Balaban J connectivity index is 1.41. The zero-order chi connectivity index (χ0) is 27.1. The first-order chi connectivity index (χ1) is 18.9. The number of rotatable bonds is 7. The number of primary amides is 1. The number of aromatic amines is 1. The van der Waals surface area contributed by atoms with Crippen LogP contribution in [0.1, 0.15) is 26.6 Å². The molecule has 2 fully saturated rings. The van der Waals surface area contributed by atoms with Gasteiger partial charge in [0.2, 0.25) is 5.91 Å². The van der Waals surface area contributed by atoms with E-state index in [-0.39, 0.29) is 18.0 Å². The quantitative estimate of drug-likeness (QED) is 0.372. The van der Waals surface area contributed by atoms with Gasteiger partial charge in [-0.05, 0) is 32.9 Å². The summed E-state index contributed by atoms with van der Waals surface area (Å²) in [7, 11) is 0. The van der Waals surface area contributed by atoms with Gasteiger partial charge >= 0.3 is 0 Å². The summed E-state index contributed by atoms with van der Waals surface area (Å²) in [6.07, 6.45) is 1.95. The van der Waals surface area contributed by atoms with Gasteiger partial charge in [0.15, 0.2) is 22.8 Å². The number of nitrogens with one attached hydrogen (secondary N) is 1. The smallest absolute Gasteiger partial charge is 0.231 e. The van der Waals surface area contributed by atoms with Gasteiger partial charge in [0.25, 0.3) is 0 Å². The third-order valence-electron chi connectivity index (χ3n) is 8.00. The lowest BCUT2D eigenvalue weighted by molar-refractivity contribution is -0.121. The number of hydrogen-bond acceptors (Lipinski definition) is 8. The number of fused-ring (bicyclic) bond motifs is 2. The molecule has 1 aromatic carbocycles. The molecule has 0 spiro atoms. The largest absolute Gasteiger partial charge is 0.378 e. The van der Waals surface area contributed by atoms with Crippen molar-refractivity contribution in [2.45, 2.75) is 45.9 Å². The molecular formula is C28H37N9O2. The molecule has 2 saturated heterocycles. The van der Waals surface area contributed by atoms with E-state index in [4.69, 9.17) is 25.4 Å². The Hall–Kier alpha value is -3.54. The zero-order valence-electron chi connectivity index (χ0n) is 22.9. The Labute approximate surface area is 227 Å². The molecule has 2 unspecified atom stereocenters. The number of ether oxygens (including phenoxy) is 1. The Kier molecular flexibility index (Phi) is 6.96. The predicted octanol–water partition coefficient (Wildman–Crippen LogP) is 2.21. The lowest BCUT2D eigenvalue weighted by Crippen LogP contribution is -2.58. The summed E-state index contributed by atoms with van der Waals surface area (Å²) >= 11 is 0. The van der Waals surface area contributed by atoms with Gasteiger partial charge in [0.05, 0.1) is 26.3 Å². The third-order valence-corrected chi connectivity index (χ3v) is 8.00. The molecule has 2 aliphatic rings. The van der Waals surface area contributed by atoms with Crippen LogP contribution in [0.4, 0.5) is 5.82 Å². The van der Waals surface area contributed by atoms with E-state index in [2.05, 4.69) is 63.2 Å². The van der Waals surface area contributed by atoms with Crippen molar-refractivity contribution >= 4 is 33.8 Å². The Morgan fingerprint density at radius 2 is 1.87 bits per heavy atom. The first-order valence-electron chi connectivity index (χ1n) is 13.9. The van der Waals surface area contributed by atoms with Crippen LogP contribution in [0.5, 0.6) is 0 Å². The van der Waals surface area contributed by atoms with E-state index in [0.29, 0.717) is 32.1 Å². The molecule has 6 rings (SSSR count). The van der Waals surface area contributed by atoms with Crippen LogP contribution in [0.15, 0.2) is 30.5 Å². The van der Waals surface area contributed by atoms with E-state index in [1.807, 2.05) is 12.3 Å². The molecule has 1 amide bonds. The van der Waals surface area contributed by atoms with E-state index in [9.17, 15) is 4.79 Å². The van der Waals surface area contributed by atoms with E-state index in [1.165, 1.54) is 0 Å². The fourth-order valence-electron chi connectivity index (χ4n) is 6.17. The Morgan fingerprint density at radius 3 is 2.59 bits per heavy atom. The van der Waals surface area contributed by atoms with Gasteiger partial charge in [-0.15, -0.1) is 0 Å². The van der Waals surface area contributed by atoms with Crippen LogP contribution in [0, 0.1) is 0 Å². The number of anilines is 1. The molecule has 11 heteroatoms. The van der Waals surface area contributed by atoms with Crippen molar-refractivity contribution in [1.29, 1.82) is 0 Å². The second-order valence-corrected chi connectivity index (χ2v) is 10.7. The second kappa shape index (κ2) is 10.6. The molecule has 0 radical (unpaired) electrons. The number of carbonyl (C=O) groups is 1. The summed E-state index contributed by atoms with van der Waals surface area (Å²) < 4.78 is 7.87. The summed E-state index contributed by atoms with van der Waals surface area (Å²) in [6, 6.07) is 8.71. The Morgan fingerprint density at radius 1 is 1.10 bits per heavy atom. The molecule has 3 aromatic heterocycles. The van der Waals surface area contributed by atoms with Crippen molar-refractivity contribution in [3.63, 3.8) is 0 Å². The van der Waals surface area contributed by atoms with Crippen molar-refractivity contribution in [2.24, 2.45) is 5.73 Å². The van der Waals surface area contributed by atoms with Crippen LogP contribution in [-0.4, -0.2) is 98.2 Å². The highest BCUT2D eigenvalue weighted by molar-refractivity contribution is 5.95. The van der Waals surface area contributed by atoms with Gasteiger partial charge in [-0.2, -0.15) is 0 Å². The van der Waals surface area contributed by atoms with Gasteiger partial charge in [0, 0.05) is 67.5 Å². The lowest BCUT2D eigenvalue weighted by atomic mass is 10.1. The SMILES string of the molecule is CCn1c(CN2CC(C)N(CC(N)=O)C(C)C2)nc2c(N3CCOCC3)nc(-c3cccc4[nH]ccc34)nc21. The van der Waals surface area contributed by atoms with E-state index >= 15 is 0 Å². The average Bonchev–Trinajstić information content (AvgIpc) is 3.54. The monoisotopic (exact) mass is 531 g/mol. The predicted molar refractivity (Wildman–Crippen MR) is 151 cm³/mol. The molecule has 2 aliphatic heterocycles. The number of amides is 1. The first-order valence-corrected chi connectivity index (χ1v) is 13.9. The molecule has 5 heterocycles. The summed E-state index contributed by atoms with van der Waals surface area (Å²) in [6.45, 7) is 12.8. The fraction of sp³-hybridized carbons (Fsp3) is 0.500. The molecular weight excluding hydrogens is 494 g/mol. The highest BCUT2D eigenvalue weighted by atomic mass is 16.5. The van der Waals surface area contributed by atoms with Crippen LogP contribution >= 0.6 is 0 Å². The van der Waals surface area contributed by atoms with Gasteiger partial charge in [-0.3, -0.25) is 14.6 Å². The minimum absolute atomic E-state index is 0.220. The minimum atomic E-state index is -0.282. The normalized spacial score (nSPS) is 21.3. The maximum atomic E-state index is 11.6. The minimum Gasteiger partial charge on any atom is -0.378 e. The number of carbonyl (C=O) groups excluding carboxylic acids is 1. The number of aromatic nitrogens is 5. The molecule has 2 atom stereocenters. The van der Waals surface area contributed by atoms with Crippen LogP contribution in [0.3, 0.4) is 0 Å². The van der Waals surface area contributed by atoms with Crippen molar-refractivity contribution in [3.05, 3.63) is 36.3 Å².